The van der Waals surface area contributed by atoms with Gasteiger partial charge in [0.05, 0.1) is 23.1 Å². The fourth-order valence-corrected chi connectivity index (χ4v) is 2.55. The molecule has 0 aliphatic rings. The fourth-order valence-electron chi connectivity index (χ4n) is 2.40. The van der Waals surface area contributed by atoms with Crippen molar-refractivity contribution in [2.45, 2.75) is 20.8 Å². The number of hydrogen-bond acceptors (Lipinski definition) is 3. The quantitative estimate of drug-likeness (QED) is 0.710. The number of nitrogens with one attached hydrogen (secondary N) is 2. The summed E-state index contributed by atoms with van der Waals surface area (Å²) in [5.74, 6) is 0.713. The Bertz CT molecular complexity index is 804. The molecule has 2 heterocycles. The van der Waals surface area contributed by atoms with Gasteiger partial charge in [0, 0.05) is 0 Å². The first kappa shape index (κ1) is 12.8. The molecule has 0 fully saturated rings. The van der Waals surface area contributed by atoms with E-state index in [1.807, 2.05) is 17.8 Å². The number of para-hydroxylation sites is 1. The molecule has 0 amide bonds. The summed E-state index contributed by atoms with van der Waals surface area (Å²) in [6.07, 6.45) is 1.81. The van der Waals surface area contributed by atoms with Crippen molar-refractivity contribution in [2.75, 3.05) is 0 Å². The molecule has 2 aromatic heterocycles. The monoisotopic (exact) mass is 285 g/mol. The molecular formula is C14H15N5S. The number of aromatic nitrogens is 5. The Morgan fingerprint density at radius 3 is 2.40 bits per heavy atom. The van der Waals surface area contributed by atoms with Crippen LogP contribution in [0.4, 0.5) is 0 Å². The first-order valence-corrected chi connectivity index (χ1v) is 6.75. The lowest BCUT2D eigenvalue weighted by Gasteiger charge is -2.11. The van der Waals surface area contributed by atoms with E-state index in [0.29, 0.717) is 10.6 Å². The van der Waals surface area contributed by atoms with Gasteiger partial charge in [-0.15, -0.1) is 0 Å². The summed E-state index contributed by atoms with van der Waals surface area (Å²) in [5.41, 5.74) is 5.47. The summed E-state index contributed by atoms with van der Waals surface area (Å²) in [4.78, 5) is 4.24. The third kappa shape index (κ3) is 1.98. The van der Waals surface area contributed by atoms with Crippen molar-refractivity contribution < 1.29 is 0 Å². The summed E-state index contributed by atoms with van der Waals surface area (Å²) in [6.45, 7) is 6.20. The van der Waals surface area contributed by atoms with Crippen molar-refractivity contribution in [1.29, 1.82) is 0 Å². The standard InChI is InChI=1S/C14H15N5S/c1-8-5-4-6-9(2)12(8)19-10(3)11(7-15-19)13-16-14(20)18-17-13/h4-7H,1-3H3,(H2,16,17,18,20). The van der Waals surface area contributed by atoms with Gasteiger partial charge in [0.1, 0.15) is 0 Å². The van der Waals surface area contributed by atoms with Gasteiger partial charge in [0.25, 0.3) is 0 Å². The van der Waals surface area contributed by atoms with Crippen LogP contribution in [-0.4, -0.2) is 25.0 Å². The molecule has 0 saturated heterocycles. The van der Waals surface area contributed by atoms with Crippen LogP contribution in [0.25, 0.3) is 17.1 Å². The molecule has 20 heavy (non-hydrogen) atoms. The maximum absolute atomic E-state index is 4.99. The second-order valence-corrected chi connectivity index (χ2v) is 5.20. The summed E-state index contributed by atoms with van der Waals surface area (Å²) in [6, 6.07) is 6.23. The number of nitrogens with zero attached hydrogens (tertiary/aromatic N) is 3. The maximum atomic E-state index is 4.99. The average Bonchev–Trinajstić information content (AvgIpc) is 2.97. The molecule has 3 rings (SSSR count). The molecule has 2 N–H and O–H groups in total. The van der Waals surface area contributed by atoms with Gasteiger partial charge in [-0.1, -0.05) is 18.2 Å². The molecule has 1 aromatic carbocycles. The van der Waals surface area contributed by atoms with Crippen LogP contribution in [0.2, 0.25) is 0 Å². The summed E-state index contributed by atoms with van der Waals surface area (Å²) in [7, 11) is 0. The van der Waals surface area contributed by atoms with E-state index in [1.165, 1.54) is 11.1 Å². The number of aromatic amines is 2. The smallest absolute Gasteiger partial charge is 0.213 e. The van der Waals surface area contributed by atoms with Crippen molar-refractivity contribution >= 4 is 12.2 Å². The Morgan fingerprint density at radius 2 is 1.80 bits per heavy atom. The zero-order chi connectivity index (χ0) is 14.3. The van der Waals surface area contributed by atoms with Crippen molar-refractivity contribution in [3.63, 3.8) is 0 Å². The lowest BCUT2D eigenvalue weighted by Crippen LogP contribution is -2.03. The van der Waals surface area contributed by atoms with Crippen LogP contribution >= 0.6 is 12.2 Å². The molecule has 0 bridgehead atoms. The van der Waals surface area contributed by atoms with Crippen LogP contribution in [-0.2, 0) is 0 Å². The van der Waals surface area contributed by atoms with E-state index in [9.17, 15) is 0 Å². The SMILES string of the molecule is Cc1cccc(C)c1-n1ncc(-c2nc(=S)[nH][nH]2)c1C. The highest BCUT2D eigenvalue weighted by atomic mass is 32.1. The Hall–Kier alpha value is -2.21. The van der Waals surface area contributed by atoms with E-state index in [4.69, 9.17) is 12.2 Å². The van der Waals surface area contributed by atoms with E-state index >= 15 is 0 Å². The van der Waals surface area contributed by atoms with Gasteiger partial charge < -0.3 is 0 Å². The molecule has 0 aliphatic heterocycles. The van der Waals surface area contributed by atoms with Crippen molar-refractivity contribution in [3.8, 4) is 17.1 Å². The predicted octanol–water partition coefficient (Wildman–Crippen LogP) is 3.25. The number of hydrogen-bond donors (Lipinski definition) is 2. The van der Waals surface area contributed by atoms with Crippen molar-refractivity contribution in [2.24, 2.45) is 0 Å². The van der Waals surface area contributed by atoms with Crippen LogP contribution in [0.1, 0.15) is 16.8 Å². The largest absolute Gasteiger partial charge is 0.282 e. The van der Waals surface area contributed by atoms with E-state index in [-0.39, 0.29) is 0 Å². The minimum Gasteiger partial charge on any atom is -0.282 e. The molecule has 0 unspecified atom stereocenters. The highest BCUT2D eigenvalue weighted by Gasteiger charge is 2.14. The molecule has 3 aromatic rings. The molecule has 5 nitrogen and oxygen atoms in total. The van der Waals surface area contributed by atoms with Crippen molar-refractivity contribution in [3.05, 3.63) is 46.0 Å². The Labute approximate surface area is 121 Å². The molecule has 0 aliphatic carbocycles. The minimum atomic E-state index is 0.444. The third-order valence-electron chi connectivity index (χ3n) is 3.42. The third-order valence-corrected chi connectivity index (χ3v) is 3.61. The summed E-state index contributed by atoms with van der Waals surface area (Å²) >= 11 is 4.99. The van der Waals surface area contributed by atoms with E-state index in [1.54, 1.807) is 0 Å². The minimum absolute atomic E-state index is 0.444. The topological polar surface area (TPSA) is 62.3 Å². The van der Waals surface area contributed by atoms with Gasteiger partial charge >= 0.3 is 0 Å². The average molecular weight is 285 g/mol. The van der Waals surface area contributed by atoms with Gasteiger partial charge in [0.15, 0.2) is 5.82 Å². The Balaban J connectivity index is 2.18. The van der Waals surface area contributed by atoms with Crippen LogP contribution in [0.15, 0.2) is 24.4 Å². The van der Waals surface area contributed by atoms with Crippen LogP contribution in [0.5, 0.6) is 0 Å². The summed E-state index contributed by atoms with van der Waals surface area (Å²) in [5, 5.41) is 10.3. The van der Waals surface area contributed by atoms with E-state index in [0.717, 1.165) is 16.9 Å². The Morgan fingerprint density at radius 1 is 1.10 bits per heavy atom. The number of aryl methyl sites for hydroxylation is 2. The molecule has 0 atom stereocenters. The number of H-pyrrole nitrogens is 2. The fraction of sp³-hybridized carbons (Fsp3) is 0.214. The highest BCUT2D eigenvalue weighted by Crippen LogP contribution is 2.25. The zero-order valence-corrected chi connectivity index (χ0v) is 12.4. The van der Waals surface area contributed by atoms with Crippen LogP contribution in [0, 0.1) is 25.5 Å². The van der Waals surface area contributed by atoms with Crippen LogP contribution < -0.4 is 0 Å². The van der Waals surface area contributed by atoms with Gasteiger partial charge in [0.2, 0.25) is 4.77 Å². The van der Waals surface area contributed by atoms with Gasteiger partial charge in [-0.25, -0.2) is 4.68 Å². The lowest BCUT2D eigenvalue weighted by molar-refractivity contribution is 0.833. The predicted molar refractivity (Wildman–Crippen MR) is 80.5 cm³/mol. The normalized spacial score (nSPS) is 10.9. The van der Waals surface area contributed by atoms with E-state index in [2.05, 4.69) is 52.3 Å². The second-order valence-electron chi connectivity index (χ2n) is 4.81. The first-order chi connectivity index (χ1) is 9.58. The van der Waals surface area contributed by atoms with Crippen molar-refractivity contribution in [1.82, 2.24) is 25.0 Å². The summed E-state index contributed by atoms with van der Waals surface area (Å²) < 4.78 is 2.39. The molecule has 0 saturated carbocycles. The lowest BCUT2D eigenvalue weighted by atomic mass is 10.1. The molecule has 102 valence electrons. The zero-order valence-electron chi connectivity index (χ0n) is 11.6. The first-order valence-electron chi connectivity index (χ1n) is 6.34. The number of rotatable bonds is 2. The molecule has 0 radical (unpaired) electrons. The molecular weight excluding hydrogens is 270 g/mol. The van der Waals surface area contributed by atoms with Gasteiger partial charge in [-0.3, -0.25) is 10.2 Å². The number of benzene rings is 1. The molecule has 6 heteroatoms. The van der Waals surface area contributed by atoms with Gasteiger partial charge in [-0.2, -0.15) is 10.1 Å². The maximum Gasteiger partial charge on any atom is 0.213 e. The Kier molecular flexibility index (Phi) is 3.02. The highest BCUT2D eigenvalue weighted by molar-refractivity contribution is 7.71. The van der Waals surface area contributed by atoms with Gasteiger partial charge in [-0.05, 0) is 44.1 Å². The van der Waals surface area contributed by atoms with E-state index < -0.39 is 0 Å². The second kappa shape index (κ2) is 4.72. The van der Waals surface area contributed by atoms with Crippen LogP contribution in [0.3, 0.4) is 0 Å². The molecule has 0 spiro atoms.